The first kappa shape index (κ1) is 20.3. The molecule has 2 N–H and O–H groups in total. The standard InChI is InChI=1S/C17H24N2O6S/c1-25-8-5-9-26(23,24)18-10-16(20)19-11-14(15(12-19)17(21)22)13-6-3-2-4-7-13/h2-4,6-7,14-15,18H,5,8-12H2,1H3,(H,21,22). The molecule has 0 spiro atoms. The maximum absolute atomic E-state index is 12.3. The van der Waals surface area contributed by atoms with Crippen molar-refractivity contribution >= 4 is 21.9 Å². The van der Waals surface area contributed by atoms with E-state index in [9.17, 15) is 23.1 Å². The molecule has 1 fully saturated rings. The van der Waals surface area contributed by atoms with Gasteiger partial charge in [0, 0.05) is 32.7 Å². The van der Waals surface area contributed by atoms with Crippen LogP contribution in [0.1, 0.15) is 17.9 Å². The minimum Gasteiger partial charge on any atom is -0.481 e. The number of sulfonamides is 1. The molecule has 0 aliphatic carbocycles. The first-order valence-corrected chi connectivity index (χ1v) is 10.0. The fourth-order valence-corrected chi connectivity index (χ4v) is 4.03. The van der Waals surface area contributed by atoms with Crippen molar-refractivity contribution in [1.82, 2.24) is 9.62 Å². The lowest BCUT2D eigenvalue weighted by Gasteiger charge is -2.17. The van der Waals surface area contributed by atoms with E-state index in [1.165, 1.54) is 12.0 Å². The van der Waals surface area contributed by atoms with E-state index < -0.39 is 27.8 Å². The maximum Gasteiger partial charge on any atom is 0.308 e. The Balaban J connectivity index is 1.96. The van der Waals surface area contributed by atoms with Crippen LogP contribution in [0.25, 0.3) is 0 Å². The summed E-state index contributed by atoms with van der Waals surface area (Å²) >= 11 is 0. The Bertz CT molecular complexity index is 722. The van der Waals surface area contributed by atoms with E-state index in [1.54, 1.807) is 0 Å². The molecule has 1 amide bonds. The van der Waals surface area contributed by atoms with Crippen molar-refractivity contribution < 1.29 is 27.9 Å². The van der Waals surface area contributed by atoms with Gasteiger partial charge in [0.05, 0.1) is 18.2 Å². The summed E-state index contributed by atoms with van der Waals surface area (Å²) in [5, 5.41) is 9.46. The van der Waals surface area contributed by atoms with E-state index in [-0.39, 0.29) is 31.3 Å². The van der Waals surface area contributed by atoms with Gasteiger partial charge in [-0.25, -0.2) is 13.1 Å². The number of carbonyl (C=O) groups is 2. The van der Waals surface area contributed by atoms with Crippen molar-refractivity contribution in [2.24, 2.45) is 5.92 Å². The van der Waals surface area contributed by atoms with E-state index in [0.29, 0.717) is 13.0 Å². The highest BCUT2D eigenvalue weighted by Crippen LogP contribution is 2.32. The second kappa shape index (κ2) is 9.11. The predicted octanol–water partition coefficient (Wildman–Crippen LogP) is 0.269. The topological polar surface area (TPSA) is 113 Å². The lowest BCUT2D eigenvalue weighted by molar-refractivity contribution is -0.141. The van der Waals surface area contributed by atoms with Crippen molar-refractivity contribution in [3.63, 3.8) is 0 Å². The summed E-state index contributed by atoms with van der Waals surface area (Å²) in [6.45, 7) is 0.271. The van der Waals surface area contributed by atoms with Crippen molar-refractivity contribution in [3.05, 3.63) is 35.9 Å². The minimum absolute atomic E-state index is 0.0686. The molecule has 0 saturated carbocycles. The fraction of sp³-hybridized carbons (Fsp3) is 0.529. The largest absolute Gasteiger partial charge is 0.481 e. The molecule has 1 aromatic rings. The number of nitrogens with zero attached hydrogens (tertiary/aromatic N) is 1. The molecule has 26 heavy (non-hydrogen) atoms. The van der Waals surface area contributed by atoms with Gasteiger partial charge in [-0.3, -0.25) is 9.59 Å². The molecule has 1 heterocycles. The minimum atomic E-state index is -3.57. The van der Waals surface area contributed by atoms with Gasteiger partial charge in [-0.1, -0.05) is 30.3 Å². The number of amides is 1. The Morgan fingerprint density at radius 3 is 2.58 bits per heavy atom. The number of nitrogens with one attached hydrogen (secondary N) is 1. The molecule has 144 valence electrons. The molecule has 0 radical (unpaired) electrons. The van der Waals surface area contributed by atoms with Gasteiger partial charge in [-0.05, 0) is 12.0 Å². The lowest BCUT2D eigenvalue weighted by Crippen LogP contribution is -2.40. The number of benzene rings is 1. The third-order valence-corrected chi connectivity index (χ3v) is 5.83. The number of carbonyl (C=O) groups excluding carboxylic acids is 1. The molecule has 0 aromatic heterocycles. The molecule has 8 nitrogen and oxygen atoms in total. The van der Waals surface area contributed by atoms with Gasteiger partial charge in [0.1, 0.15) is 0 Å². The molecular weight excluding hydrogens is 360 g/mol. The monoisotopic (exact) mass is 384 g/mol. The molecule has 1 aliphatic heterocycles. The molecule has 1 saturated heterocycles. The third-order valence-electron chi connectivity index (χ3n) is 4.42. The summed E-state index contributed by atoms with van der Waals surface area (Å²) in [5.74, 6) is -2.53. The Labute approximate surface area is 153 Å². The summed E-state index contributed by atoms with van der Waals surface area (Å²) in [5.41, 5.74) is 0.857. The van der Waals surface area contributed by atoms with Crippen LogP contribution >= 0.6 is 0 Å². The van der Waals surface area contributed by atoms with Gasteiger partial charge in [0.25, 0.3) is 0 Å². The molecule has 1 aromatic carbocycles. The summed E-state index contributed by atoms with van der Waals surface area (Å²) in [6, 6.07) is 9.18. The molecule has 1 aliphatic rings. The number of aliphatic carboxylic acids is 1. The number of rotatable bonds is 9. The molecule has 2 rings (SSSR count). The van der Waals surface area contributed by atoms with Crippen molar-refractivity contribution in [3.8, 4) is 0 Å². The van der Waals surface area contributed by atoms with E-state index in [0.717, 1.165) is 5.56 Å². The third kappa shape index (κ3) is 5.52. The summed E-state index contributed by atoms with van der Waals surface area (Å²) in [7, 11) is -2.08. The first-order chi connectivity index (χ1) is 12.3. The highest BCUT2D eigenvalue weighted by atomic mass is 32.2. The number of carboxylic acids is 1. The van der Waals surface area contributed by atoms with Crippen molar-refractivity contribution in [1.29, 1.82) is 0 Å². The van der Waals surface area contributed by atoms with E-state index >= 15 is 0 Å². The molecule has 2 unspecified atom stereocenters. The zero-order chi connectivity index (χ0) is 19.2. The quantitative estimate of drug-likeness (QED) is 0.591. The zero-order valence-electron chi connectivity index (χ0n) is 14.6. The van der Waals surface area contributed by atoms with Crippen LogP contribution < -0.4 is 4.72 Å². The Morgan fingerprint density at radius 1 is 1.27 bits per heavy atom. The molecular formula is C17H24N2O6S. The number of carboxylic acid groups (broad SMARTS) is 1. The number of ether oxygens (including phenoxy) is 1. The van der Waals surface area contributed by atoms with E-state index in [4.69, 9.17) is 4.74 Å². The number of hydrogen-bond acceptors (Lipinski definition) is 5. The molecule has 2 atom stereocenters. The summed E-state index contributed by atoms with van der Waals surface area (Å²) in [6.07, 6.45) is 0.334. The number of methoxy groups -OCH3 is 1. The number of likely N-dealkylation sites (tertiary alicyclic amines) is 1. The van der Waals surface area contributed by atoms with Gasteiger partial charge < -0.3 is 14.7 Å². The summed E-state index contributed by atoms with van der Waals surface area (Å²) < 4.78 is 30.8. The second-order valence-corrected chi connectivity index (χ2v) is 8.17. The van der Waals surface area contributed by atoms with Crippen LogP contribution in [0.5, 0.6) is 0 Å². The van der Waals surface area contributed by atoms with Crippen LogP contribution in [-0.2, 0) is 24.3 Å². The van der Waals surface area contributed by atoms with Crippen LogP contribution in [0.4, 0.5) is 0 Å². The highest BCUT2D eigenvalue weighted by Gasteiger charge is 2.40. The smallest absolute Gasteiger partial charge is 0.308 e. The lowest BCUT2D eigenvalue weighted by atomic mass is 9.89. The van der Waals surface area contributed by atoms with Gasteiger partial charge >= 0.3 is 5.97 Å². The van der Waals surface area contributed by atoms with E-state index in [1.807, 2.05) is 30.3 Å². The highest BCUT2D eigenvalue weighted by molar-refractivity contribution is 7.89. The van der Waals surface area contributed by atoms with E-state index in [2.05, 4.69) is 4.72 Å². The van der Waals surface area contributed by atoms with Crippen molar-refractivity contribution in [2.75, 3.05) is 39.1 Å². The van der Waals surface area contributed by atoms with Crippen LogP contribution in [-0.4, -0.2) is 69.4 Å². The van der Waals surface area contributed by atoms with Crippen LogP contribution in [0.15, 0.2) is 30.3 Å². The number of hydrogen-bond donors (Lipinski definition) is 2. The zero-order valence-corrected chi connectivity index (χ0v) is 15.4. The molecule has 9 heteroatoms. The first-order valence-electron chi connectivity index (χ1n) is 8.36. The Hall–Kier alpha value is -1.97. The van der Waals surface area contributed by atoms with Crippen LogP contribution in [0, 0.1) is 5.92 Å². The van der Waals surface area contributed by atoms with Crippen molar-refractivity contribution in [2.45, 2.75) is 12.3 Å². The van der Waals surface area contributed by atoms with Crippen LogP contribution in [0.2, 0.25) is 0 Å². The average molecular weight is 384 g/mol. The van der Waals surface area contributed by atoms with Gasteiger partial charge in [-0.15, -0.1) is 0 Å². The average Bonchev–Trinajstić information content (AvgIpc) is 3.06. The van der Waals surface area contributed by atoms with Crippen LogP contribution in [0.3, 0.4) is 0 Å². The van der Waals surface area contributed by atoms with Gasteiger partial charge in [0.2, 0.25) is 15.9 Å². The SMILES string of the molecule is COCCCS(=O)(=O)NCC(=O)N1CC(C(=O)O)C(c2ccccc2)C1. The fourth-order valence-electron chi connectivity index (χ4n) is 3.04. The maximum atomic E-state index is 12.3. The van der Waals surface area contributed by atoms with Gasteiger partial charge in [-0.2, -0.15) is 0 Å². The normalized spacial score (nSPS) is 20.3. The predicted molar refractivity (Wildman–Crippen MR) is 95.2 cm³/mol. The van der Waals surface area contributed by atoms with Gasteiger partial charge in [0.15, 0.2) is 0 Å². The second-order valence-electron chi connectivity index (χ2n) is 6.25. The molecule has 0 bridgehead atoms. The summed E-state index contributed by atoms with van der Waals surface area (Å²) in [4.78, 5) is 25.3. The Morgan fingerprint density at radius 2 is 1.96 bits per heavy atom. The Kier molecular flexibility index (Phi) is 7.13.